The van der Waals surface area contributed by atoms with Crippen molar-refractivity contribution in [3.8, 4) is 5.75 Å². The third-order valence-electron chi connectivity index (χ3n) is 4.90. The highest BCUT2D eigenvalue weighted by Gasteiger charge is 2.13. The first-order chi connectivity index (χ1) is 14.3. The summed E-state index contributed by atoms with van der Waals surface area (Å²) in [6.07, 6.45) is 3.50. The number of fused-ring (bicyclic) bond motifs is 1. The number of aryl methyl sites for hydroxylation is 1. The third-order valence-corrected chi connectivity index (χ3v) is 4.90. The summed E-state index contributed by atoms with van der Waals surface area (Å²) in [7, 11) is 0. The van der Waals surface area contributed by atoms with E-state index < -0.39 is 12.6 Å². The van der Waals surface area contributed by atoms with Crippen molar-refractivity contribution >= 4 is 23.1 Å². The van der Waals surface area contributed by atoms with Crippen LogP contribution in [-0.2, 0) is 28.2 Å². The summed E-state index contributed by atoms with van der Waals surface area (Å²) in [5, 5.41) is 13.4. The zero-order chi connectivity index (χ0) is 21.7. The van der Waals surface area contributed by atoms with Gasteiger partial charge >= 0.3 is 5.97 Å². The second kappa shape index (κ2) is 9.03. The fourth-order valence-corrected chi connectivity index (χ4v) is 3.21. The monoisotopic (exact) mass is 408 g/mol. The van der Waals surface area contributed by atoms with Gasteiger partial charge in [-0.25, -0.2) is 4.79 Å². The molecule has 1 heterocycles. The Bertz CT molecular complexity index is 1040. The molecule has 0 spiro atoms. The van der Waals surface area contributed by atoms with Gasteiger partial charge in [0.25, 0.3) is 0 Å². The first-order valence-electron chi connectivity index (χ1n) is 10.00. The third kappa shape index (κ3) is 5.20. The van der Waals surface area contributed by atoms with Crippen LogP contribution in [0.15, 0.2) is 53.8 Å². The number of carbonyl (C=O) groups is 1. The van der Waals surface area contributed by atoms with Crippen LogP contribution in [-0.4, -0.2) is 28.5 Å². The lowest BCUT2D eigenvalue weighted by Gasteiger charge is -2.19. The van der Waals surface area contributed by atoms with Gasteiger partial charge in [-0.05, 0) is 41.7 Å². The number of carboxylic acid groups (broad SMARTS) is 1. The molecule has 0 saturated heterocycles. The predicted octanol–water partition coefficient (Wildman–Crippen LogP) is 4.97. The van der Waals surface area contributed by atoms with Gasteiger partial charge in [0.1, 0.15) is 12.4 Å². The summed E-state index contributed by atoms with van der Waals surface area (Å²) >= 11 is 0. The summed E-state index contributed by atoms with van der Waals surface area (Å²) in [6, 6.07) is 14.5. The fourth-order valence-electron chi connectivity index (χ4n) is 3.21. The maximum atomic E-state index is 10.6. The number of aromatic nitrogens is 1. The molecule has 1 aromatic heterocycles. The Morgan fingerprint density at radius 3 is 2.53 bits per heavy atom. The molecule has 0 aliphatic rings. The molecule has 0 aliphatic heterocycles. The number of ether oxygens (including phenoxy) is 1. The highest BCUT2D eigenvalue weighted by molar-refractivity contribution is 5.99. The Hall–Kier alpha value is -3.28. The van der Waals surface area contributed by atoms with Crippen LogP contribution < -0.4 is 4.74 Å². The summed E-state index contributed by atoms with van der Waals surface area (Å²) in [4.78, 5) is 15.3. The van der Waals surface area contributed by atoms with E-state index in [1.54, 1.807) is 0 Å². The predicted molar refractivity (Wildman–Crippen MR) is 118 cm³/mol. The second-order valence-corrected chi connectivity index (χ2v) is 8.19. The number of hydrogen-bond donors (Lipinski definition) is 1. The maximum absolute atomic E-state index is 10.6. The molecule has 0 atom stereocenters. The van der Waals surface area contributed by atoms with Crippen molar-refractivity contribution < 1.29 is 19.5 Å². The van der Waals surface area contributed by atoms with Crippen molar-refractivity contribution in [2.75, 3.05) is 6.61 Å². The van der Waals surface area contributed by atoms with E-state index in [0.717, 1.165) is 34.3 Å². The molecular weight excluding hydrogens is 380 g/mol. The van der Waals surface area contributed by atoms with Gasteiger partial charge in [0, 0.05) is 29.2 Å². The van der Waals surface area contributed by atoms with Crippen molar-refractivity contribution in [3.63, 3.8) is 0 Å². The smallest absolute Gasteiger partial charge is 0.344 e. The normalized spacial score (nSPS) is 11.9. The molecule has 0 aliphatic carbocycles. The Morgan fingerprint density at radius 2 is 1.90 bits per heavy atom. The van der Waals surface area contributed by atoms with Crippen molar-refractivity contribution in [2.45, 2.75) is 46.3 Å². The van der Waals surface area contributed by atoms with Gasteiger partial charge in [0.2, 0.25) is 6.61 Å². The molecule has 3 rings (SSSR count). The molecule has 30 heavy (non-hydrogen) atoms. The van der Waals surface area contributed by atoms with E-state index in [-0.39, 0.29) is 5.41 Å². The maximum Gasteiger partial charge on any atom is 0.344 e. The Balaban J connectivity index is 1.76. The van der Waals surface area contributed by atoms with Gasteiger partial charge in [-0.3, -0.25) is 0 Å². The highest BCUT2D eigenvalue weighted by atomic mass is 16.6. The molecule has 0 saturated carbocycles. The van der Waals surface area contributed by atoms with Crippen LogP contribution in [0.5, 0.6) is 5.75 Å². The Kier molecular flexibility index (Phi) is 6.45. The average molecular weight is 408 g/mol. The lowest BCUT2D eigenvalue weighted by atomic mass is 9.87. The van der Waals surface area contributed by atoms with E-state index >= 15 is 0 Å². The number of benzene rings is 2. The van der Waals surface area contributed by atoms with E-state index in [1.807, 2.05) is 24.4 Å². The number of aliphatic carboxylic acids is 1. The zero-order valence-electron chi connectivity index (χ0n) is 17.9. The molecule has 2 aromatic carbocycles. The van der Waals surface area contributed by atoms with Gasteiger partial charge < -0.3 is 19.2 Å². The molecular formula is C24H28N2O4. The minimum Gasteiger partial charge on any atom is -0.489 e. The van der Waals surface area contributed by atoms with Crippen LogP contribution in [0.4, 0.5) is 0 Å². The number of nitrogens with zero attached hydrogens (tertiary/aromatic N) is 2. The van der Waals surface area contributed by atoms with Gasteiger partial charge in [-0.1, -0.05) is 50.2 Å². The average Bonchev–Trinajstić information content (AvgIpc) is 3.06. The number of oxime groups is 1. The molecule has 0 fully saturated rings. The Labute approximate surface area is 176 Å². The van der Waals surface area contributed by atoms with E-state index in [1.165, 1.54) is 11.8 Å². The van der Waals surface area contributed by atoms with Gasteiger partial charge in [-0.15, -0.1) is 0 Å². The largest absolute Gasteiger partial charge is 0.489 e. The van der Waals surface area contributed by atoms with E-state index in [2.05, 4.69) is 61.7 Å². The quantitative estimate of drug-likeness (QED) is 0.422. The molecule has 1 N–H and O–H groups in total. The summed E-state index contributed by atoms with van der Waals surface area (Å²) in [5.74, 6) is -0.299. The van der Waals surface area contributed by atoms with Crippen molar-refractivity contribution in [2.24, 2.45) is 5.16 Å². The van der Waals surface area contributed by atoms with Gasteiger partial charge in [-0.2, -0.15) is 0 Å². The van der Waals surface area contributed by atoms with Crippen molar-refractivity contribution in [1.82, 2.24) is 4.57 Å². The van der Waals surface area contributed by atoms with E-state index in [9.17, 15) is 4.79 Å². The molecule has 3 aromatic rings. The first-order valence-corrected chi connectivity index (χ1v) is 10.00. The standard InChI is InChI=1S/C24H28N2O4/c1-5-26-14-18(13-25-30-16-23(27)28)21-12-20(10-11-22(21)26)29-15-17-6-8-19(9-7-17)24(2,3)4/h6-14H,5,15-16H2,1-4H3,(H,27,28). The van der Waals surface area contributed by atoms with E-state index in [4.69, 9.17) is 14.7 Å². The van der Waals surface area contributed by atoms with Crippen molar-refractivity contribution in [1.29, 1.82) is 0 Å². The van der Waals surface area contributed by atoms with Gasteiger partial charge in [0.05, 0.1) is 6.21 Å². The number of carboxylic acids is 1. The van der Waals surface area contributed by atoms with Gasteiger partial charge in [0.15, 0.2) is 0 Å². The molecule has 6 nitrogen and oxygen atoms in total. The first kappa shape index (κ1) is 21.4. The molecule has 0 amide bonds. The minimum absolute atomic E-state index is 0.128. The SMILES string of the molecule is CCn1cc(C=NOCC(=O)O)c2cc(OCc3ccc(C(C)(C)C)cc3)ccc21. The van der Waals surface area contributed by atoms with Crippen LogP contribution in [0.1, 0.15) is 44.4 Å². The second-order valence-electron chi connectivity index (χ2n) is 8.19. The minimum atomic E-state index is -1.06. The number of rotatable bonds is 8. The topological polar surface area (TPSA) is 73.1 Å². The molecule has 158 valence electrons. The van der Waals surface area contributed by atoms with Crippen LogP contribution in [0, 0.1) is 0 Å². The van der Waals surface area contributed by atoms with Crippen molar-refractivity contribution in [3.05, 3.63) is 65.4 Å². The molecule has 0 unspecified atom stereocenters. The lowest BCUT2D eigenvalue weighted by molar-refractivity contribution is -0.142. The molecule has 0 bridgehead atoms. The number of hydrogen-bond acceptors (Lipinski definition) is 4. The van der Waals surface area contributed by atoms with Crippen LogP contribution in [0.2, 0.25) is 0 Å². The highest BCUT2D eigenvalue weighted by Crippen LogP contribution is 2.27. The molecule has 0 radical (unpaired) electrons. The zero-order valence-corrected chi connectivity index (χ0v) is 17.9. The summed E-state index contributed by atoms with van der Waals surface area (Å²) in [6.45, 7) is 9.48. The van der Waals surface area contributed by atoms with Crippen LogP contribution in [0.3, 0.4) is 0 Å². The summed E-state index contributed by atoms with van der Waals surface area (Å²) in [5.41, 5.74) is 4.43. The fraction of sp³-hybridized carbons (Fsp3) is 0.333. The van der Waals surface area contributed by atoms with Crippen LogP contribution in [0.25, 0.3) is 10.9 Å². The van der Waals surface area contributed by atoms with Crippen LogP contribution >= 0.6 is 0 Å². The lowest BCUT2D eigenvalue weighted by Crippen LogP contribution is -2.10. The summed E-state index contributed by atoms with van der Waals surface area (Å²) < 4.78 is 8.12. The van der Waals surface area contributed by atoms with E-state index in [0.29, 0.717) is 6.61 Å². The molecule has 6 heteroatoms. The Morgan fingerprint density at radius 1 is 1.17 bits per heavy atom.